The van der Waals surface area contributed by atoms with Gasteiger partial charge in [0.15, 0.2) is 5.82 Å². The number of hydrogen-bond donors (Lipinski definition) is 0. The number of piperazine rings is 1. The third-order valence-corrected chi connectivity index (χ3v) is 5.15. The van der Waals surface area contributed by atoms with E-state index in [2.05, 4.69) is 51.4 Å². The van der Waals surface area contributed by atoms with E-state index in [1.807, 2.05) is 11.8 Å². The van der Waals surface area contributed by atoms with Crippen LogP contribution in [0.5, 0.6) is 0 Å². The predicted octanol–water partition coefficient (Wildman–Crippen LogP) is 1.77. The summed E-state index contributed by atoms with van der Waals surface area (Å²) >= 11 is 1.29. The summed E-state index contributed by atoms with van der Waals surface area (Å²) in [5.74, 6) is 0.679. The predicted molar refractivity (Wildman–Crippen MR) is 92.7 cm³/mol. The van der Waals surface area contributed by atoms with Crippen LogP contribution in [-0.2, 0) is 0 Å². The minimum Gasteiger partial charge on any atom is -0.368 e. The molecule has 0 aliphatic carbocycles. The monoisotopic (exact) mass is 342 g/mol. The Morgan fingerprint density at radius 3 is 2.62 bits per heavy atom. The number of nitrogens with zero attached hydrogens (tertiary/aromatic N) is 6. The molecule has 0 saturated carbocycles. The molecule has 0 unspecified atom stereocenters. The quantitative estimate of drug-likeness (QED) is 0.710. The van der Waals surface area contributed by atoms with E-state index in [1.165, 1.54) is 22.6 Å². The van der Waals surface area contributed by atoms with E-state index < -0.39 is 0 Å². The fourth-order valence-electron chi connectivity index (χ4n) is 2.93. The molecule has 1 fully saturated rings. The van der Waals surface area contributed by atoms with Crippen LogP contribution in [0.15, 0.2) is 24.3 Å². The Kier molecular flexibility index (Phi) is 3.68. The van der Waals surface area contributed by atoms with Crippen LogP contribution in [0.25, 0.3) is 4.96 Å². The van der Waals surface area contributed by atoms with Crippen molar-refractivity contribution in [2.75, 3.05) is 31.1 Å². The van der Waals surface area contributed by atoms with Gasteiger partial charge in [-0.25, -0.2) is 0 Å². The minimum absolute atomic E-state index is 0.0196. The summed E-state index contributed by atoms with van der Waals surface area (Å²) in [4.78, 5) is 17.5. The number of aromatic nitrogens is 4. The molecule has 1 aromatic carbocycles. The van der Waals surface area contributed by atoms with Crippen LogP contribution >= 0.6 is 11.3 Å². The summed E-state index contributed by atoms with van der Waals surface area (Å²) in [6.07, 6.45) is 0. The lowest BCUT2D eigenvalue weighted by Gasteiger charge is -2.35. The van der Waals surface area contributed by atoms with Gasteiger partial charge in [-0.2, -0.15) is 4.52 Å². The summed E-state index contributed by atoms with van der Waals surface area (Å²) in [7, 11) is 0. The first-order valence-corrected chi connectivity index (χ1v) is 8.73. The molecule has 8 heteroatoms. The van der Waals surface area contributed by atoms with Crippen LogP contribution in [0.4, 0.5) is 5.69 Å². The Morgan fingerprint density at radius 2 is 1.92 bits per heavy atom. The highest BCUT2D eigenvalue weighted by molar-refractivity contribution is 7.18. The van der Waals surface area contributed by atoms with E-state index in [0.717, 1.165) is 13.1 Å². The number of benzene rings is 1. The number of carbonyl (C=O) groups is 1. The number of amides is 1. The second kappa shape index (κ2) is 5.86. The number of anilines is 1. The Bertz CT molecular complexity index is 893. The van der Waals surface area contributed by atoms with E-state index in [1.54, 1.807) is 4.52 Å². The van der Waals surface area contributed by atoms with Gasteiger partial charge in [-0.15, -0.1) is 15.3 Å². The first-order valence-electron chi connectivity index (χ1n) is 7.91. The van der Waals surface area contributed by atoms with Gasteiger partial charge < -0.3 is 9.80 Å². The molecule has 124 valence electrons. The third kappa shape index (κ3) is 2.62. The van der Waals surface area contributed by atoms with Gasteiger partial charge in [-0.3, -0.25) is 4.79 Å². The zero-order valence-electron chi connectivity index (χ0n) is 13.6. The molecule has 24 heavy (non-hydrogen) atoms. The summed E-state index contributed by atoms with van der Waals surface area (Å²) in [5, 5.41) is 12.8. The zero-order valence-corrected chi connectivity index (χ0v) is 14.5. The zero-order chi connectivity index (χ0) is 16.7. The molecule has 7 nitrogen and oxygen atoms in total. The average molecular weight is 342 g/mol. The molecule has 0 N–H and O–H groups in total. The molecule has 1 aliphatic rings. The second-order valence-electron chi connectivity index (χ2n) is 5.97. The van der Waals surface area contributed by atoms with Crippen LogP contribution in [0.2, 0.25) is 0 Å². The van der Waals surface area contributed by atoms with Gasteiger partial charge in [0.25, 0.3) is 5.91 Å². The highest BCUT2D eigenvalue weighted by Gasteiger charge is 2.25. The molecule has 0 spiro atoms. The lowest BCUT2D eigenvalue weighted by Crippen LogP contribution is -2.48. The molecule has 4 rings (SSSR count). The average Bonchev–Trinajstić information content (AvgIpc) is 3.17. The molecule has 1 amide bonds. The molecular weight excluding hydrogens is 324 g/mol. The van der Waals surface area contributed by atoms with Gasteiger partial charge in [0.1, 0.15) is 0 Å². The van der Waals surface area contributed by atoms with Crippen molar-refractivity contribution >= 4 is 27.9 Å². The molecule has 1 saturated heterocycles. The summed E-state index contributed by atoms with van der Waals surface area (Å²) in [6.45, 7) is 6.99. The van der Waals surface area contributed by atoms with Gasteiger partial charge in [0.2, 0.25) is 9.97 Å². The summed E-state index contributed by atoms with van der Waals surface area (Å²) in [6, 6.07) is 8.47. The van der Waals surface area contributed by atoms with Gasteiger partial charge in [0, 0.05) is 31.9 Å². The van der Waals surface area contributed by atoms with Crippen LogP contribution in [0.1, 0.15) is 21.2 Å². The maximum absolute atomic E-state index is 12.7. The minimum atomic E-state index is -0.0196. The van der Waals surface area contributed by atoms with Crippen molar-refractivity contribution in [3.05, 3.63) is 40.7 Å². The third-order valence-electron chi connectivity index (χ3n) is 4.26. The van der Waals surface area contributed by atoms with E-state index in [0.29, 0.717) is 28.9 Å². The van der Waals surface area contributed by atoms with Crippen LogP contribution in [0, 0.1) is 13.8 Å². The molecule has 3 heterocycles. The highest BCUT2D eigenvalue weighted by Crippen LogP contribution is 2.20. The van der Waals surface area contributed by atoms with Crippen molar-refractivity contribution in [1.29, 1.82) is 0 Å². The largest absolute Gasteiger partial charge is 0.368 e. The number of aryl methyl sites for hydroxylation is 2. The van der Waals surface area contributed by atoms with E-state index in [9.17, 15) is 4.79 Å². The lowest BCUT2D eigenvalue weighted by atomic mass is 10.2. The molecule has 2 aromatic heterocycles. The maximum Gasteiger partial charge on any atom is 0.284 e. The number of hydrogen-bond acceptors (Lipinski definition) is 6. The normalized spacial score (nSPS) is 15.2. The molecule has 0 atom stereocenters. The van der Waals surface area contributed by atoms with Crippen molar-refractivity contribution < 1.29 is 4.79 Å². The van der Waals surface area contributed by atoms with Crippen molar-refractivity contribution in [3.8, 4) is 0 Å². The smallest absolute Gasteiger partial charge is 0.284 e. The first-order chi connectivity index (χ1) is 11.6. The van der Waals surface area contributed by atoms with Crippen molar-refractivity contribution in [3.63, 3.8) is 0 Å². The van der Waals surface area contributed by atoms with Gasteiger partial charge in [0.05, 0.1) is 0 Å². The Morgan fingerprint density at radius 1 is 1.12 bits per heavy atom. The first kappa shape index (κ1) is 15.1. The summed E-state index contributed by atoms with van der Waals surface area (Å²) < 4.78 is 1.63. The number of rotatable bonds is 2. The molecule has 1 aliphatic heterocycles. The van der Waals surface area contributed by atoms with Crippen molar-refractivity contribution in [2.45, 2.75) is 13.8 Å². The van der Waals surface area contributed by atoms with E-state index in [-0.39, 0.29) is 5.91 Å². The van der Waals surface area contributed by atoms with Crippen molar-refractivity contribution in [2.24, 2.45) is 0 Å². The van der Waals surface area contributed by atoms with Crippen LogP contribution in [0.3, 0.4) is 0 Å². The van der Waals surface area contributed by atoms with E-state index >= 15 is 0 Å². The topological polar surface area (TPSA) is 66.6 Å². The Labute approximate surface area is 143 Å². The standard InChI is InChI=1S/C16H18N6OS/c1-11-4-3-5-13(10-11)20-6-8-21(9-7-20)15(23)14-19-22-12(2)17-18-16(22)24-14/h3-5,10H,6-9H2,1-2H3. The number of carbonyl (C=O) groups excluding carboxylic acids is 1. The van der Waals surface area contributed by atoms with Crippen LogP contribution < -0.4 is 4.90 Å². The maximum atomic E-state index is 12.7. The van der Waals surface area contributed by atoms with Gasteiger partial charge in [-0.1, -0.05) is 23.5 Å². The SMILES string of the molecule is Cc1cccc(N2CCN(C(=O)c3nn4c(C)nnc4s3)CC2)c1. The van der Waals surface area contributed by atoms with Crippen LogP contribution in [-0.4, -0.2) is 56.8 Å². The van der Waals surface area contributed by atoms with Gasteiger partial charge in [-0.05, 0) is 31.5 Å². The summed E-state index contributed by atoms with van der Waals surface area (Å²) in [5.41, 5.74) is 2.47. The molecule has 0 radical (unpaired) electrons. The fraction of sp³-hybridized carbons (Fsp3) is 0.375. The molecular formula is C16H18N6OS. The van der Waals surface area contributed by atoms with E-state index in [4.69, 9.17) is 0 Å². The lowest BCUT2D eigenvalue weighted by molar-refractivity contribution is 0.0745. The Balaban J connectivity index is 1.46. The fourth-order valence-corrected chi connectivity index (χ4v) is 3.78. The Hall–Kier alpha value is -2.48. The number of fused-ring (bicyclic) bond motifs is 1. The van der Waals surface area contributed by atoms with Crippen molar-refractivity contribution in [1.82, 2.24) is 24.7 Å². The second-order valence-corrected chi connectivity index (χ2v) is 6.92. The van der Waals surface area contributed by atoms with Gasteiger partial charge >= 0.3 is 0 Å². The highest BCUT2D eigenvalue weighted by atomic mass is 32.1. The molecule has 3 aromatic rings. The molecule has 0 bridgehead atoms.